The van der Waals surface area contributed by atoms with E-state index in [2.05, 4.69) is 27.6 Å². The fourth-order valence-electron chi connectivity index (χ4n) is 2.06. The van der Waals surface area contributed by atoms with Gasteiger partial charge >= 0.3 is 0 Å². The zero-order chi connectivity index (χ0) is 13.0. The quantitative estimate of drug-likeness (QED) is 0.611. The van der Waals surface area contributed by atoms with Gasteiger partial charge in [-0.15, -0.1) is 0 Å². The lowest BCUT2D eigenvalue weighted by atomic mass is 10.2. The Kier molecular flexibility index (Phi) is 4.94. The Morgan fingerprint density at radius 2 is 2.44 bits per heavy atom. The molecule has 0 bridgehead atoms. The molecule has 0 aliphatic carbocycles. The summed E-state index contributed by atoms with van der Waals surface area (Å²) in [6.45, 7) is 3.72. The highest BCUT2D eigenvalue weighted by Crippen LogP contribution is 2.15. The molecule has 1 amide bonds. The zero-order valence-corrected chi connectivity index (χ0v) is 12.6. The van der Waals surface area contributed by atoms with E-state index < -0.39 is 0 Å². The third-order valence-corrected chi connectivity index (χ3v) is 3.69. The highest BCUT2D eigenvalue weighted by Gasteiger charge is 2.20. The van der Waals surface area contributed by atoms with Crippen LogP contribution in [0.5, 0.6) is 0 Å². The average molecular weight is 360 g/mol. The number of hydrogen-bond donors (Lipinski definition) is 0. The van der Waals surface area contributed by atoms with Gasteiger partial charge in [0.2, 0.25) is 5.91 Å². The van der Waals surface area contributed by atoms with Gasteiger partial charge in [0.15, 0.2) is 0 Å². The van der Waals surface area contributed by atoms with Crippen molar-refractivity contribution in [2.45, 2.75) is 32.4 Å². The highest BCUT2D eigenvalue weighted by molar-refractivity contribution is 14.1. The molecule has 0 spiro atoms. The summed E-state index contributed by atoms with van der Waals surface area (Å²) in [4.78, 5) is 17.7. The zero-order valence-electron chi connectivity index (χ0n) is 10.4. The summed E-state index contributed by atoms with van der Waals surface area (Å²) in [6, 6.07) is 3.97. The van der Waals surface area contributed by atoms with Gasteiger partial charge in [0.25, 0.3) is 0 Å². The first-order valence-corrected chi connectivity index (χ1v) is 7.20. The maximum atomic E-state index is 11.7. The van der Waals surface area contributed by atoms with Gasteiger partial charge < -0.3 is 9.64 Å². The molecule has 2 heterocycles. The minimum absolute atomic E-state index is 0.0871. The molecule has 1 aliphatic rings. The first-order chi connectivity index (χ1) is 8.65. The second kappa shape index (κ2) is 6.47. The van der Waals surface area contributed by atoms with Crippen molar-refractivity contribution < 1.29 is 9.53 Å². The van der Waals surface area contributed by atoms with Crippen LogP contribution < -0.4 is 0 Å². The Morgan fingerprint density at radius 3 is 3.00 bits per heavy atom. The van der Waals surface area contributed by atoms with Gasteiger partial charge in [-0.2, -0.15) is 0 Å². The maximum Gasteiger partial charge on any atom is 0.219 e. The van der Waals surface area contributed by atoms with Crippen LogP contribution in [-0.2, 0) is 16.1 Å². The van der Waals surface area contributed by atoms with Crippen molar-refractivity contribution in [3.63, 3.8) is 0 Å². The van der Waals surface area contributed by atoms with E-state index in [-0.39, 0.29) is 12.0 Å². The fraction of sp³-hybridized carbons (Fsp3) is 0.538. The molecule has 0 N–H and O–H groups in total. The van der Waals surface area contributed by atoms with E-state index in [1.54, 1.807) is 6.92 Å². The molecule has 0 unspecified atom stereocenters. The minimum Gasteiger partial charge on any atom is -0.376 e. The van der Waals surface area contributed by atoms with Gasteiger partial charge in [0.1, 0.15) is 3.70 Å². The summed E-state index contributed by atoms with van der Waals surface area (Å²) < 4.78 is 6.54. The second-order valence-corrected chi connectivity index (χ2v) is 5.63. The van der Waals surface area contributed by atoms with Crippen LogP contribution in [0, 0.1) is 3.70 Å². The van der Waals surface area contributed by atoms with E-state index in [0.29, 0.717) is 13.1 Å². The van der Waals surface area contributed by atoms with Crippen molar-refractivity contribution in [1.29, 1.82) is 0 Å². The lowest BCUT2D eigenvalue weighted by Gasteiger charge is -2.24. The number of carbonyl (C=O) groups is 1. The van der Waals surface area contributed by atoms with Gasteiger partial charge in [0, 0.05) is 32.8 Å². The smallest absolute Gasteiger partial charge is 0.219 e. The van der Waals surface area contributed by atoms with Crippen LogP contribution >= 0.6 is 22.6 Å². The monoisotopic (exact) mass is 360 g/mol. The molecule has 1 fully saturated rings. The molecule has 98 valence electrons. The van der Waals surface area contributed by atoms with Crippen LogP contribution in [-0.4, -0.2) is 35.0 Å². The molecule has 1 aromatic rings. The van der Waals surface area contributed by atoms with Crippen LogP contribution in [0.25, 0.3) is 0 Å². The molecular weight excluding hydrogens is 343 g/mol. The number of hydrogen-bond acceptors (Lipinski definition) is 3. The van der Waals surface area contributed by atoms with Crippen molar-refractivity contribution in [3.05, 3.63) is 27.6 Å². The molecule has 1 aromatic heterocycles. The van der Waals surface area contributed by atoms with E-state index in [9.17, 15) is 4.79 Å². The molecule has 0 aromatic carbocycles. The predicted octanol–water partition coefficient (Wildman–Crippen LogP) is 2.21. The van der Waals surface area contributed by atoms with Crippen LogP contribution in [0.15, 0.2) is 18.3 Å². The Labute approximate surface area is 121 Å². The third-order valence-electron chi connectivity index (χ3n) is 3.06. The summed E-state index contributed by atoms with van der Waals surface area (Å²) in [6.07, 6.45) is 4.18. The number of amides is 1. The Balaban J connectivity index is 1.97. The standard InChI is InChI=1S/C13H17IN2O2/c1-10(17)16(9-12-3-2-6-18-12)8-11-4-5-13(14)15-7-11/h4-5,7,12H,2-3,6,8-9H2,1H3/t12-/m0/s1. The number of rotatable bonds is 4. The minimum atomic E-state index is 0.0871. The lowest BCUT2D eigenvalue weighted by Crippen LogP contribution is -2.35. The van der Waals surface area contributed by atoms with Crippen molar-refractivity contribution in [3.8, 4) is 0 Å². The Morgan fingerprint density at radius 1 is 1.61 bits per heavy atom. The second-order valence-electron chi connectivity index (χ2n) is 4.52. The van der Waals surface area contributed by atoms with Crippen LogP contribution in [0.2, 0.25) is 0 Å². The first-order valence-electron chi connectivity index (χ1n) is 6.12. The van der Waals surface area contributed by atoms with E-state index in [1.165, 1.54) is 0 Å². The summed E-state index contributed by atoms with van der Waals surface area (Å²) in [5, 5.41) is 0. The molecule has 1 aliphatic heterocycles. The van der Waals surface area contributed by atoms with Gasteiger partial charge in [-0.05, 0) is 47.1 Å². The molecule has 2 rings (SSSR count). The number of pyridine rings is 1. The number of ether oxygens (including phenoxy) is 1. The molecule has 18 heavy (non-hydrogen) atoms. The SMILES string of the molecule is CC(=O)N(Cc1ccc(I)nc1)C[C@@H]1CCCO1. The average Bonchev–Trinajstić information content (AvgIpc) is 2.84. The molecule has 1 saturated heterocycles. The van der Waals surface area contributed by atoms with Gasteiger partial charge in [-0.1, -0.05) is 6.07 Å². The molecule has 0 saturated carbocycles. The van der Waals surface area contributed by atoms with Gasteiger partial charge in [0.05, 0.1) is 6.10 Å². The fourth-order valence-corrected chi connectivity index (χ4v) is 2.38. The van der Waals surface area contributed by atoms with E-state index in [0.717, 1.165) is 28.7 Å². The van der Waals surface area contributed by atoms with Crippen molar-refractivity contribution >= 4 is 28.5 Å². The predicted molar refractivity (Wildman–Crippen MR) is 77.0 cm³/mol. The Hall–Kier alpha value is -0.690. The van der Waals surface area contributed by atoms with E-state index in [4.69, 9.17) is 4.74 Å². The molecule has 5 heteroatoms. The summed E-state index contributed by atoms with van der Waals surface area (Å²) in [5.41, 5.74) is 1.06. The van der Waals surface area contributed by atoms with Crippen molar-refractivity contribution in [1.82, 2.24) is 9.88 Å². The largest absolute Gasteiger partial charge is 0.376 e. The molecular formula is C13H17IN2O2. The van der Waals surface area contributed by atoms with Crippen molar-refractivity contribution in [2.24, 2.45) is 0 Å². The maximum absolute atomic E-state index is 11.7. The van der Waals surface area contributed by atoms with Gasteiger partial charge in [-0.25, -0.2) is 4.98 Å². The third kappa shape index (κ3) is 3.91. The number of carbonyl (C=O) groups excluding carboxylic acids is 1. The van der Waals surface area contributed by atoms with Crippen LogP contribution in [0.1, 0.15) is 25.3 Å². The summed E-state index contributed by atoms with van der Waals surface area (Å²) in [5.74, 6) is 0.0871. The summed E-state index contributed by atoms with van der Waals surface area (Å²) >= 11 is 2.17. The Bertz CT molecular complexity index is 402. The van der Waals surface area contributed by atoms with E-state index in [1.807, 2.05) is 23.2 Å². The van der Waals surface area contributed by atoms with Crippen LogP contribution in [0.3, 0.4) is 0 Å². The first kappa shape index (κ1) is 13.7. The topological polar surface area (TPSA) is 42.4 Å². The molecule has 4 nitrogen and oxygen atoms in total. The van der Waals surface area contributed by atoms with Crippen LogP contribution in [0.4, 0.5) is 0 Å². The number of aromatic nitrogens is 1. The van der Waals surface area contributed by atoms with Gasteiger partial charge in [-0.3, -0.25) is 4.79 Å². The number of halogens is 1. The number of nitrogens with zero attached hydrogens (tertiary/aromatic N) is 2. The molecule has 0 radical (unpaired) electrons. The lowest BCUT2D eigenvalue weighted by molar-refractivity contribution is -0.131. The normalized spacial score (nSPS) is 18.9. The van der Waals surface area contributed by atoms with E-state index >= 15 is 0 Å². The highest BCUT2D eigenvalue weighted by atomic mass is 127. The molecule has 1 atom stereocenters. The summed E-state index contributed by atoms with van der Waals surface area (Å²) in [7, 11) is 0. The van der Waals surface area contributed by atoms with Crippen molar-refractivity contribution in [2.75, 3.05) is 13.2 Å².